The highest BCUT2D eigenvalue weighted by atomic mass is 16.2. The number of nitrogens with one attached hydrogen (secondary N) is 2. The number of carbonyl (C=O) groups excluding carboxylic acids is 2. The predicted molar refractivity (Wildman–Crippen MR) is 90.3 cm³/mol. The lowest BCUT2D eigenvalue weighted by molar-refractivity contribution is -0.122. The van der Waals surface area contributed by atoms with Crippen molar-refractivity contribution < 1.29 is 9.59 Å². The molecule has 1 aromatic heterocycles. The first-order chi connectivity index (χ1) is 11.6. The number of hydrogen-bond acceptors (Lipinski definition) is 4. The Bertz CT molecular complexity index is 575. The van der Waals surface area contributed by atoms with Gasteiger partial charge in [-0.3, -0.25) is 14.3 Å². The van der Waals surface area contributed by atoms with Gasteiger partial charge in [0.05, 0.1) is 11.8 Å². The SMILES string of the molecule is NC(CNC(=O)c1cnn(CC(=O)NC2CCCCC2)c1)C1CC1. The molecule has 1 unspecified atom stereocenters. The minimum Gasteiger partial charge on any atom is -0.352 e. The van der Waals surface area contributed by atoms with Crippen LogP contribution in [-0.2, 0) is 11.3 Å². The van der Waals surface area contributed by atoms with E-state index in [2.05, 4.69) is 15.7 Å². The summed E-state index contributed by atoms with van der Waals surface area (Å²) in [7, 11) is 0. The number of aromatic nitrogens is 2. The summed E-state index contributed by atoms with van der Waals surface area (Å²) < 4.78 is 1.51. The topological polar surface area (TPSA) is 102 Å². The lowest BCUT2D eigenvalue weighted by Gasteiger charge is -2.22. The molecule has 2 aliphatic carbocycles. The molecule has 0 bridgehead atoms. The van der Waals surface area contributed by atoms with Gasteiger partial charge in [0.25, 0.3) is 5.91 Å². The molecule has 132 valence electrons. The highest BCUT2D eigenvalue weighted by Gasteiger charge is 2.28. The first-order valence-corrected chi connectivity index (χ1v) is 8.97. The predicted octanol–water partition coefficient (Wildman–Crippen LogP) is 0.799. The number of nitrogens with zero attached hydrogens (tertiary/aromatic N) is 2. The van der Waals surface area contributed by atoms with Crippen molar-refractivity contribution in [3.05, 3.63) is 18.0 Å². The normalized spacial score (nSPS) is 19.7. The molecule has 0 saturated heterocycles. The molecule has 2 saturated carbocycles. The van der Waals surface area contributed by atoms with Crippen LogP contribution in [0.3, 0.4) is 0 Å². The minimum absolute atomic E-state index is 0.0327. The lowest BCUT2D eigenvalue weighted by Crippen LogP contribution is -2.38. The van der Waals surface area contributed by atoms with Gasteiger partial charge in [0.15, 0.2) is 0 Å². The number of hydrogen-bond donors (Lipinski definition) is 3. The Morgan fingerprint density at radius 1 is 1.25 bits per heavy atom. The van der Waals surface area contributed by atoms with Crippen LogP contribution in [0.5, 0.6) is 0 Å². The van der Waals surface area contributed by atoms with E-state index in [0.717, 1.165) is 25.7 Å². The summed E-state index contributed by atoms with van der Waals surface area (Å²) in [6.45, 7) is 0.627. The van der Waals surface area contributed by atoms with Crippen molar-refractivity contribution in [3.63, 3.8) is 0 Å². The van der Waals surface area contributed by atoms with Gasteiger partial charge < -0.3 is 16.4 Å². The molecule has 7 nitrogen and oxygen atoms in total. The molecule has 0 aliphatic heterocycles. The summed E-state index contributed by atoms with van der Waals surface area (Å²) in [5.74, 6) is 0.314. The van der Waals surface area contributed by atoms with E-state index in [0.29, 0.717) is 18.0 Å². The van der Waals surface area contributed by atoms with Crippen LogP contribution in [0.25, 0.3) is 0 Å². The van der Waals surface area contributed by atoms with Gasteiger partial charge in [-0.2, -0.15) is 5.10 Å². The molecule has 0 spiro atoms. The zero-order valence-corrected chi connectivity index (χ0v) is 14.0. The minimum atomic E-state index is -0.190. The van der Waals surface area contributed by atoms with Crippen molar-refractivity contribution in [2.75, 3.05) is 6.54 Å². The summed E-state index contributed by atoms with van der Waals surface area (Å²) >= 11 is 0. The average Bonchev–Trinajstić information content (AvgIpc) is 3.33. The van der Waals surface area contributed by atoms with Gasteiger partial charge in [0.2, 0.25) is 5.91 Å². The maximum atomic E-state index is 12.1. The fourth-order valence-electron chi connectivity index (χ4n) is 3.24. The maximum Gasteiger partial charge on any atom is 0.254 e. The fourth-order valence-corrected chi connectivity index (χ4v) is 3.24. The van der Waals surface area contributed by atoms with Gasteiger partial charge in [0, 0.05) is 24.8 Å². The highest BCUT2D eigenvalue weighted by molar-refractivity contribution is 5.93. The summed E-state index contributed by atoms with van der Waals surface area (Å²) in [4.78, 5) is 24.2. The zero-order chi connectivity index (χ0) is 16.9. The molecule has 2 amide bonds. The second kappa shape index (κ2) is 7.79. The Kier molecular flexibility index (Phi) is 5.50. The quantitative estimate of drug-likeness (QED) is 0.687. The van der Waals surface area contributed by atoms with E-state index in [9.17, 15) is 9.59 Å². The smallest absolute Gasteiger partial charge is 0.254 e. The number of nitrogens with two attached hydrogens (primary N) is 1. The molecule has 0 radical (unpaired) electrons. The molecule has 1 atom stereocenters. The van der Waals surface area contributed by atoms with Crippen LogP contribution in [0.15, 0.2) is 12.4 Å². The van der Waals surface area contributed by atoms with Gasteiger partial charge in [-0.1, -0.05) is 19.3 Å². The van der Waals surface area contributed by atoms with Gasteiger partial charge in [-0.15, -0.1) is 0 Å². The molecule has 4 N–H and O–H groups in total. The Balaban J connectivity index is 1.43. The van der Waals surface area contributed by atoms with Crippen molar-refractivity contribution in [2.24, 2.45) is 11.7 Å². The molecule has 24 heavy (non-hydrogen) atoms. The van der Waals surface area contributed by atoms with E-state index in [1.54, 1.807) is 6.20 Å². The number of carbonyl (C=O) groups is 2. The third kappa shape index (κ3) is 4.80. The van der Waals surface area contributed by atoms with Crippen LogP contribution in [0.4, 0.5) is 0 Å². The van der Waals surface area contributed by atoms with E-state index in [1.165, 1.54) is 30.1 Å². The highest BCUT2D eigenvalue weighted by Crippen LogP contribution is 2.31. The molecular formula is C17H27N5O2. The first kappa shape index (κ1) is 17.0. The third-order valence-electron chi connectivity index (χ3n) is 4.90. The van der Waals surface area contributed by atoms with E-state index in [-0.39, 0.29) is 30.4 Å². The van der Waals surface area contributed by atoms with Gasteiger partial charge in [0.1, 0.15) is 6.54 Å². The molecule has 3 rings (SSSR count). The lowest BCUT2D eigenvalue weighted by atomic mass is 9.95. The summed E-state index contributed by atoms with van der Waals surface area (Å²) in [5, 5.41) is 9.99. The third-order valence-corrected chi connectivity index (χ3v) is 4.90. The van der Waals surface area contributed by atoms with Crippen LogP contribution in [-0.4, -0.2) is 40.2 Å². The monoisotopic (exact) mass is 333 g/mol. The molecule has 2 aliphatic rings. The van der Waals surface area contributed by atoms with Crippen molar-refractivity contribution in [1.82, 2.24) is 20.4 Å². The van der Waals surface area contributed by atoms with Gasteiger partial charge >= 0.3 is 0 Å². The van der Waals surface area contributed by atoms with Crippen LogP contribution in [0.2, 0.25) is 0 Å². The van der Waals surface area contributed by atoms with E-state index < -0.39 is 0 Å². The summed E-state index contributed by atoms with van der Waals surface area (Å²) in [6.07, 6.45) is 11.1. The van der Waals surface area contributed by atoms with E-state index in [4.69, 9.17) is 5.73 Å². The average molecular weight is 333 g/mol. The Hall–Kier alpha value is -1.89. The van der Waals surface area contributed by atoms with Crippen molar-refractivity contribution in [2.45, 2.75) is 63.6 Å². The number of rotatable bonds is 7. The summed E-state index contributed by atoms with van der Waals surface area (Å²) in [5.41, 5.74) is 6.44. The molecule has 0 aromatic carbocycles. The van der Waals surface area contributed by atoms with Crippen molar-refractivity contribution >= 4 is 11.8 Å². The fraction of sp³-hybridized carbons (Fsp3) is 0.706. The molecule has 1 heterocycles. The second-order valence-electron chi connectivity index (χ2n) is 7.04. The van der Waals surface area contributed by atoms with E-state index >= 15 is 0 Å². The van der Waals surface area contributed by atoms with Crippen LogP contribution < -0.4 is 16.4 Å². The van der Waals surface area contributed by atoms with Crippen molar-refractivity contribution in [3.8, 4) is 0 Å². The Morgan fingerprint density at radius 2 is 2.00 bits per heavy atom. The second-order valence-corrected chi connectivity index (χ2v) is 7.04. The Labute approximate surface area is 142 Å². The molecule has 2 fully saturated rings. The van der Waals surface area contributed by atoms with Crippen LogP contribution >= 0.6 is 0 Å². The van der Waals surface area contributed by atoms with Crippen LogP contribution in [0, 0.1) is 5.92 Å². The zero-order valence-electron chi connectivity index (χ0n) is 14.0. The first-order valence-electron chi connectivity index (χ1n) is 8.97. The van der Waals surface area contributed by atoms with E-state index in [1.807, 2.05) is 0 Å². The summed E-state index contributed by atoms with van der Waals surface area (Å²) in [6, 6.07) is 0.318. The van der Waals surface area contributed by atoms with Gasteiger partial charge in [-0.25, -0.2) is 0 Å². The number of amides is 2. The molecule has 1 aromatic rings. The molecule has 7 heteroatoms. The maximum absolute atomic E-state index is 12.1. The Morgan fingerprint density at radius 3 is 2.71 bits per heavy atom. The van der Waals surface area contributed by atoms with Crippen molar-refractivity contribution in [1.29, 1.82) is 0 Å². The van der Waals surface area contributed by atoms with Gasteiger partial charge in [-0.05, 0) is 31.6 Å². The molecular weight excluding hydrogens is 306 g/mol. The van der Waals surface area contributed by atoms with Crippen LogP contribution in [0.1, 0.15) is 55.3 Å². The largest absolute Gasteiger partial charge is 0.352 e. The standard InChI is InChI=1S/C17H27N5O2/c18-15(12-6-7-12)9-19-17(24)13-8-20-22(10-13)11-16(23)21-14-4-2-1-3-5-14/h8,10,12,14-15H,1-7,9,11,18H2,(H,19,24)(H,21,23).